The van der Waals surface area contributed by atoms with Crippen molar-refractivity contribution in [2.45, 2.75) is 93.3 Å². The fraction of sp³-hybridized carbons (Fsp3) is 0.913. The second-order valence-electron chi connectivity index (χ2n) is 8.06. The van der Waals surface area contributed by atoms with Gasteiger partial charge in [-0.2, -0.15) is 0 Å². The molecule has 0 aliphatic heterocycles. The zero-order valence-electron chi connectivity index (χ0n) is 21.7. The van der Waals surface area contributed by atoms with Crippen molar-refractivity contribution in [1.29, 1.82) is 0 Å². The molecule has 0 aromatic carbocycles. The fourth-order valence-corrected chi connectivity index (χ4v) is 1.89. The van der Waals surface area contributed by atoms with Gasteiger partial charge < -0.3 is 25.6 Å². The van der Waals surface area contributed by atoms with Crippen LogP contribution in [0, 0.1) is 17.8 Å². The number of carbonyl (C=O) groups excluding carboxylic acids is 2. The van der Waals surface area contributed by atoms with E-state index in [9.17, 15) is 9.59 Å². The van der Waals surface area contributed by atoms with Gasteiger partial charge in [-0.05, 0) is 37.0 Å². The Bertz CT molecular complexity index is 381. The molecule has 0 saturated heterocycles. The third-order valence-corrected chi connectivity index (χ3v) is 4.13. The van der Waals surface area contributed by atoms with E-state index in [2.05, 4.69) is 60.8 Å². The Balaban J connectivity index is -0.000000184. The molecule has 0 radical (unpaired) electrons. The van der Waals surface area contributed by atoms with Gasteiger partial charge in [0, 0.05) is 33.1 Å². The van der Waals surface area contributed by atoms with Crippen molar-refractivity contribution in [3.63, 3.8) is 0 Å². The van der Waals surface area contributed by atoms with Gasteiger partial charge in [-0.25, -0.2) is 4.79 Å². The molecule has 0 heterocycles. The Morgan fingerprint density at radius 1 is 0.903 bits per heavy atom. The summed E-state index contributed by atoms with van der Waals surface area (Å²) in [5.74, 6) is 2.10. The van der Waals surface area contributed by atoms with Crippen LogP contribution in [0.1, 0.15) is 87.5 Å². The highest BCUT2D eigenvalue weighted by Crippen LogP contribution is 2.09. The van der Waals surface area contributed by atoms with Gasteiger partial charge in [-0.15, -0.1) is 9.24 Å². The van der Waals surface area contributed by atoms with Crippen molar-refractivity contribution in [2.24, 2.45) is 23.5 Å². The van der Waals surface area contributed by atoms with Crippen molar-refractivity contribution in [1.82, 2.24) is 5.32 Å². The highest BCUT2D eigenvalue weighted by atomic mass is 31.0. The lowest BCUT2D eigenvalue weighted by molar-refractivity contribution is -0.120. The van der Waals surface area contributed by atoms with Crippen molar-refractivity contribution in [2.75, 3.05) is 26.9 Å². The maximum absolute atomic E-state index is 10.6. The van der Waals surface area contributed by atoms with E-state index in [1.165, 1.54) is 0 Å². The van der Waals surface area contributed by atoms with Crippen LogP contribution in [0.3, 0.4) is 0 Å². The smallest absolute Gasteiger partial charge is 0.404 e. The minimum atomic E-state index is -0.732. The molecule has 8 heteroatoms. The highest BCUT2D eigenvalue weighted by molar-refractivity contribution is 7.17. The van der Waals surface area contributed by atoms with Crippen LogP contribution in [0.5, 0.6) is 0 Å². The molecule has 2 atom stereocenters. The number of aliphatic hydroxyl groups is 1. The van der Waals surface area contributed by atoms with Gasteiger partial charge in [-0.3, -0.25) is 4.79 Å². The summed E-state index contributed by atoms with van der Waals surface area (Å²) < 4.78 is 10.1. The Morgan fingerprint density at radius 3 is 1.71 bits per heavy atom. The predicted molar refractivity (Wildman–Crippen MR) is 135 cm³/mol. The number of primary amides is 1. The van der Waals surface area contributed by atoms with Gasteiger partial charge >= 0.3 is 6.09 Å². The molecule has 0 fully saturated rings. The standard InChI is InChI=1S/C9H20NO3P.C7H15NO.C5H12O.C2H6/c1-7(2)3-5-12-8(14)4-6-13-9(10)11;1-6(2)4-5-7(9)8-3;1-5(2)3-4-6;1-2/h7-8H,3-6,14H2,1-2H3,(H2,10,11);6H,4-5H2,1-3H3,(H,8,9);5-6H,3-4H2,1-2H3;1-2H3. The third kappa shape index (κ3) is 48.0. The Hall–Kier alpha value is -0.910. The van der Waals surface area contributed by atoms with Gasteiger partial charge in [-0.1, -0.05) is 55.4 Å². The molecule has 0 aliphatic carbocycles. The average Bonchev–Trinajstić information content (AvgIpc) is 2.68. The molecule has 0 spiro atoms. The number of ether oxygens (including phenoxy) is 2. The molecule has 7 nitrogen and oxygen atoms in total. The summed E-state index contributed by atoms with van der Waals surface area (Å²) in [4.78, 5) is 20.8. The summed E-state index contributed by atoms with van der Waals surface area (Å²) in [6.45, 7) is 18.1. The Kier molecular flexibility index (Phi) is 35.1. The first-order valence-electron chi connectivity index (χ1n) is 11.6. The van der Waals surface area contributed by atoms with Crippen LogP contribution in [0.2, 0.25) is 0 Å². The largest absolute Gasteiger partial charge is 0.450 e. The van der Waals surface area contributed by atoms with Crippen LogP contribution in [0.25, 0.3) is 0 Å². The van der Waals surface area contributed by atoms with Crippen LogP contribution in [0.4, 0.5) is 4.79 Å². The summed E-state index contributed by atoms with van der Waals surface area (Å²) in [6, 6.07) is 0. The number of hydrogen-bond acceptors (Lipinski definition) is 5. The normalized spacial score (nSPS) is 10.8. The molecule has 0 aliphatic rings. The van der Waals surface area contributed by atoms with E-state index in [4.69, 9.17) is 15.6 Å². The van der Waals surface area contributed by atoms with Crippen molar-refractivity contribution in [3.05, 3.63) is 0 Å². The molecular formula is C23H53N2O5P. The van der Waals surface area contributed by atoms with Gasteiger partial charge in [0.2, 0.25) is 5.91 Å². The molecule has 31 heavy (non-hydrogen) atoms. The molecule has 0 rings (SSSR count). The first kappa shape index (κ1) is 37.4. The number of rotatable bonds is 12. The summed E-state index contributed by atoms with van der Waals surface area (Å²) >= 11 is 0. The summed E-state index contributed by atoms with van der Waals surface area (Å²) in [6.07, 6.45) is 3.55. The van der Waals surface area contributed by atoms with Crippen molar-refractivity contribution < 1.29 is 24.2 Å². The van der Waals surface area contributed by atoms with Crippen molar-refractivity contribution in [3.8, 4) is 0 Å². The molecule has 190 valence electrons. The maximum Gasteiger partial charge on any atom is 0.404 e. The molecule has 0 aromatic rings. The molecular weight excluding hydrogens is 415 g/mol. The number of carbonyl (C=O) groups is 2. The van der Waals surface area contributed by atoms with Crippen LogP contribution in [0.15, 0.2) is 0 Å². The van der Waals surface area contributed by atoms with Crippen LogP contribution < -0.4 is 11.1 Å². The number of hydrogen-bond donors (Lipinski definition) is 3. The lowest BCUT2D eigenvalue weighted by Crippen LogP contribution is -2.17. The minimum Gasteiger partial charge on any atom is -0.450 e. The zero-order chi connectivity index (χ0) is 25.2. The molecule has 0 saturated carbocycles. The van der Waals surface area contributed by atoms with E-state index in [0.717, 1.165) is 25.9 Å². The van der Waals surface area contributed by atoms with Gasteiger partial charge in [0.1, 0.15) is 0 Å². The summed E-state index contributed by atoms with van der Waals surface area (Å²) in [5.41, 5.74) is 4.81. The van der Waals surface area contributed by atoms with E-state index in [0.29, 0.717) is 43.8 Å². The molecule has 0 aromatic heterocycles. The topological polar surface area (TPSA) is 111 Å². The summed E-state index contributed by atoms with van der Waals surface area (Å²) in [5, 5.41) is 10.8. The fourth-order valence-electron chi connectivity index (χ4n) is 1.62. The molecule has 4 N–H and O–H groups in total. The Morgan fingerprint density at radius 2 is 1.39 bits per heavy atom. The highest BCUT2D eigenvalue weighted by Gasteiger charge is 2.04. The third-order valence-electron chi connectivity index (χ3n) is 3.61. The van der Waals surface area contributed by atoms with E-state index in [-0.39, 0.29) is 11.8 Å². The first-order chi connectivity index (χ1) is 14.5. The van der Waals surface area contributed by atoms with Crippen LogP contribution >= 0.6 is 9.24 Å². The van der Waals surface area contributed by atoms with Gasteiger partial charge in [0.15, 0.2) is 0 Å². The molecule has 2 unspecified atom stereocenters. The molecule has 2 amide bonds. The number of amides is 2. The predicted octanol–water partition coefficient (Wildman–Crippen LogP) is 4.96. The van der Waals surface area contributed by atoms with E-state index < -0.39 is 6.09 Å². The minimum absolute atomic E-state index is 0.0353. The van der Waals surface area contributed by atoms with E-state index in [1.807, 2.05) is 13.8 Å². The maximum atomic E-state index is 10.6. The first-order valence-corrected chi connectivity index (χ1v) is 12.2. The summed E-state index contributed by atoms with van der Waals surface area (Å²) in [7, 11) is 4.24. The van der Waals surface area contributed by atoms with Crippen molar-refractivity contribution >= 4 is 21.2 Å². The second kappa shape index (κ2) is 29.1. The second-order valence-corrected chi connectivity index (χ2v) is 8.80. The quantitative estimate of drug-likeness (QED) is 0.351. The Labute approximate surface area is 194 Å². The van der Waals surface area contributed by atoms with E-state index >= 15 is 0 Å². The zero-order valence-corrected chi connectivity index (χ0v) is 22.9. The lowest BCUT2D eigenvalue weighted by Gasteiger charge is -2.13. The number of nitrogens with two attached hydrogens (primary N) is 1. The number of nitrogens with one attached hydrogen (secondary N) is 1. The van der Waals surface area contributed by atoms with Crippen LogP contribution in [-0.4, -0.2) is 49.8 Å². The van der Waals surface area contributed by atoms with Crippen LogP contribution in [-0.2, 0) is 14.3 Å². The average molecular weight is 469 g/mol. The molecule has 0 bridgehead atoms. The number of aliphatic hydroxyl groups excluding tert-OH is 1. The van der Waals surface area contributed by atoms with Gasteiger partial charge in [0.05, 0.1) is 12.5 Å². The van der Waals surface area contributed by atoms with E-state index in [1.54, 1.807) is 7.05 Å². The SMILES string of the molecule is CC.CC(C)CCO.CC(C)CCOC(P)CCOC(N)=O.CNC(=O)CCC(C)C. The monoisotopic (exact) mass is 468 g/mol. The lowest BCUT2D eigenvalue weighted by atomic mass is 10.1. The van der Waals surface area contributed by atoms with Gasteiger partial charge in [0.25, 0.3) is 0 Å².